The number of ether oxygens (including phenoxy) is 1. The van der Waals surface area contributed by atoms with E-state index in [1.54, 1.807) is 0 Å². The Morgan fingerprint density at radius 2 is 2.09 bits per heavy atom. The number of nitrogens with zero attached hydrogens (tertiary/aromatic N) is 3. The van der Waals surface area contributed by atoms with Gasteiger partial charge in [-0.2, -0.15) is 5.10 Å². The molecule has 22 heavy (non-hydrogen) atoms. The molecule has 3 heterocycles. The topological polar surface area (TPSA) is 52.0 Å². The maximum absolute atomic E-state index is 5.46. The molecule has 4 rings (SSSR count). The fraction of sp³-hybridized carbons (Fsp3) is 0.529. The summed E-state index contributed by atoms with van der Waals surface area (Å²) in [5.41, 5.74) is 2.66. The Hall–Kier alpha value is -1.72. The minimum atomic E-state index is 0.421. The van der Waals surface area contributed by atoms with Crippen LogP contribution in [0.15, 0.2) is 30.6 Å². The van der Waals surface area contributed by atoms with Crippen molar-refractivity contribution in [3.8, 4) is 5.82 Å². The third kappa shape index (κ3) is 2.66. The van der Waals surface area contributed by atoms with Gasteiger partial charge in [0.25, 0.3) is 0 Å². The molecule has 1 aliphatic carbocycles. The van der Waals surface area contributed by atoms with E-state index in [9.17, 15) is 0 Å². The van der Waals surface area contributed by atoms with Gasteiger partial charge in [-0.1, -0.05) is 6.07 Å². The van der Waals surface area contributed by atoms with Gasteiger partial charge < -0.3 is 10.1 Å². The fourth-order valence-electron chi connectivity index (χ4n) is 3.56. The standard InChI is InChI=1S/C17H22N4O/c1-2-9-18-17(6-1)21-16-5-3-4-15(14(16)12-19-21)20-13-7-10-22-11-8-13/h1-2,6,9,12-13,15,20H,3-5,7-8,10-11H2/t15-/m1/s1. The predicted molar refractivity (Wildman–Crippen MR) is 84.0 cm³/mol. The second kappa shape index (κ2) is 6.18. The van der Waals surface area contributed by atoms with E-state index >= 15 is 0 Å². The van der Waals surface area contributed by atoms with Gasteiger partial charge in [-0.3, -0.25) is 0 Å². The Bertz CT molecular complexity index is 619. The zero-order valence-electron chi connectivity index (χ0n) is 12.7. The van der Waals surface area contributed by atoms with Crippen LogP contribution in [0.3, 0.4) is 0 Å². The van der Waals surface area contributed by atoms with Crippen LogP contribution in [0.2, 0.25) is 0 Å². The van der Waals surface area contributed by atoms with Gasteiger partial charge in [0.1, 0.15) is 0 Å². The molecule has 0 bridgehead atoms. The monoisotopic (exact) mass is 298 g/mol. The minimum Gasteiger partial charge on any atom is -0.381 e. The van der Waals surface area contributed by atoms with Crippen molar-refractivity contribution in [1.29, 1.82) is 0 Å². The Labute approximate surface area is 130 Å². The van der Waals surface area contributed by atoms with Gasteiger partial charge in [0.2, 0.25) is 0 Å². The molecule has 0 saturated carbocycles. The average Bonchev–Trinajstić information content (AvgIpc) is 3.02. The number of fused-ring (bicyclic) bond motifs is 1. The number of rotatable bonds is 3. The molecule has 1 saturated heterocycles. The number of pyridine rings is 1. The molecule has 0 aromatic carbocycles. The lowest BCUT2D eigenvalue weighted by atomic mass is 9.91. The molecule has 5 nitrogen and oxygen atoms in total. The van der Waals surface area contributed by atoms with E-state index in [-0.39, 0.29) is 0 Å². The van der Waals surface area contributed by atoms with Gasteiger partial charge >= 0.3 is 0 Å². The summed E-state index contributed by atoms with van der Waals surface area (Å²) in [7, 11) is 0. The van der Waals surface area contributed by atoms with Gasteiger partial charge in [-0.05, 0) is 44.2 Å². The second-order valence-corrected chi connectivity index (χ2v) is 6.14. The Morgan fingerprint density at radius 1 is 1.18 bits per heavy atom. The number of aromatic nitrogens is 3. The summed E-state index contributed by atoms with van der Waals surface area (Å²) >= 11 is 0. The maximum atomic E-state index is 5.46. The van der Waals surface area contributed by atoms with E-state index in [0.29, 0.717) is 12.1 Å². The first-order valence-corrected chi connectivity index (χ1v) is 8.24. The van der Waals surface area contributed by atoms with Crippen LogP contribution >= 0.6 is 0 Å². The normalized spacial score (nSPS) is 22.5. The average molecular weight is 298 g/mol. The van der Waals surface area contributed by atoms with E-state index in [2.05, 4.69) is 15.4 Å². The summed E-state index contributed by atoms with van der Waals surface area (Å²) in [6, 6.07) is 6.96. The summed E-state index contributed by atoms with van der Waals surface area (Å²) < 4.78 is 7.46. The molecule has 1 fully saturated rings. The van der Waals surface area contributed by atoms with E-state index in [1.807, 2.05) is 35.3 Å². The zero-order valence-corrected chi connectivity index (χ0v) is 12.7. The van der Waals surface area contributed by atoms with Crippen molar-refractivity contribution in [2.45, 2.75) is 44.2 Å². The molecule has 0 amide bonds. The van der Waals surface area contributed by atoms with E-state index in [1.165, 1.54) is 24.1 Å². The third-order valence-electron chi connectivity index (χ3n) is 4.71. The summed E-state index contributed by atoms with van der Waals surface area (Å²) in [6.07, 6.45) is 9.55. The molecular formula is C17H22N4O. The van der Waals surface area contributed by atoms with Crippen LogP contribution in [0, 0.1) is 0 Å². The van der Waals surface area contributed by atoms with Crippen LogP contribution < -0.4 is 5.32 Å². The van der Waals surface area contributed by atoms with Crippen LogP contribution in [-0.4, -0.2) is 34.0 Å². The van der Waals surface area contributed by atoms with E-state index in [4.69, 9.17) is 4.74 Å². The van der Waals surface area contributed by atoms with E-state index < -0.39 is 0 Å². The summed E-state index contributed by atoms with van der Waals surface area (Å²) in [5, 5.41) is 8.43. The van der Waals surface area contributed by atoms with Crippen molar-refractivity contribution in [2.75, 3.05) is 13.2 Å². The highest BCUT2D eigenvalue weighted by atomic mass is 16.5. The quantitative estimate of drug-likeness (QED) is 0.945. The maximum Gasteiger partial charge on any atom is 0.153 e. The van der Waals surface area contributed by atoms with Crippen molar-refractivity contribution in [1.82, 2.24) is 20.1 Å². The molecule has 0 radical (unpaired) electrons. The van der Waals surface area contributed by atoms with E-state index in [0.717, 1.165) is 38.3 Å². The van der Waals surface area contributed by atoms with Crippen LogP contribution in [0.5, 0.6) is 0 Å². The molecule has 2 aromatic rings. The Morgan fingerprint density at radius 3 is 2.91 bits per heavy atom. The summed E-state index contributed by atoms with van der Waals surface area (Å²) in [5.74, 6) is 0.912. The van der Waals surface area contributed by atoms with Gasteiger partial charge in [0.15, 0.2) is 5.82 Å². The molecule has 1 atom stereocenters. The smallest absolute Gasteiger partial charge is 0.153 e. The first-order chi connectivity index (χ1) is 10.9. The molecule has 2 aromatic heterocycles. The second-order valence-electron chi connectivity index (χ2n) is 6.14. The van der Waals surface area contributed by atoms with Crippen molar-refractivity contribution in [2.24, 2.45) is 0 Å². The molecule has 0 spiro atoms. The van der Waals surface area contributed by atoms with Crippen molar-refractivity contribution in [3.05, 3.63) is 41.9 Å². The molecule has 0 unspecified atom stereocenters. The fourth-order valence-corrected chi connectivity index (χ4v) is 3.56. The molecule has 2 aliphatic rings. The summed E-state index contributed by atoms with van der Waals surface area (Å²) in [6.45, 7) is 1.76. The largest absolute Gasteiger partial charge is 0.381 e. The number of nitrogens with one attached hydrogen (secondary N) is 1. The summed E-state index contributed by atoms with van der Waals surface area (Å²) in [4.78, 5) is 4.43. The highest BCUT2D eigenvalue weighted by Gasteiger charge is 2.27. The van der Waals surface area contributed by atoms with Crippen molar-refractivity contribution in [3.63, 3.8) is 0 Å². The van der Waals surface area contributed by atoms with Crippen molar-refractivity contribution >= 4 is 0 Å². The van der Waals surface area contributed by atoms with Crippen LogP contribution in [0.25, 0.3) is 5.82 Å². The van der Waals surface area contributed by atoms with Crippen LogP contribution in [0.1, 0.15) is 43.0 Å². The molecule has 116 valence electrons. The van der Waals surface area contributed by atoms with Crippen LogP contribution in [0.4, 0.5) is 0 Å². The SMILES string of the molecule is c1ccc(-n2ncc3c2CCC[C@H]3NC2CCOCC2)nc1. The third-order valence-corrected chi connectivity index (χ3v) is 4.71. The zero-order chi connectivity index (χ0) is 14.8. The highest BCUT2D eigenvalue weighted by Crippen LogP contribution is 2.31. The lowest BCUT2D eigenvalue weighted by Crippen LogP contribution is -2.38. The van der Waals surface area contributed by atoms with Crippen molar-refractivity contribution < 1.29 is 4.74 Å². The predicted octanol–water partition coefficient (Wildman–Crippen LogP) is 2.41. The van der Waals surface area contributed by atoms with Gasteiger partial charge in [-0.15, -0.1) is 0 Å². The van der Waals surface area contributed by atoms with Gasteiger partial charge in [-0.25, -0.2) is 9.67 Å². The first kappa shape index (κ1) is 13.9. The minimum absolute atomic E-state index is 0.421. The number of hydrogen-bond acceptors (Lipinski definition) is 4. The number of hydrogen-bond donors (Lipinski definition) is 1. The lowest BCUT2D eigenvalue weighted by Gasteiger charge is -2.31. The molecule has 1 aliphatic heterocycles. The van der Waals surface area contributed by atoms with Crippen LogP contribution in [-0.2, 0) is 11.2 Å². The highest BCUT2D eigenvalue weighted by molar-refractivity contribution is 5.32. The van der Waals surface area contributed by atoms with Gasteiger partial charge in [0.05, 0.1) is 11.9 Å². The Kier molecular flexibility index (Phi) is 3.91. The lowest BCUT2D eigenvalue weighted by molar-refractivity contribution is 0.0741. The Balaban J connectivity index is 1.58. The van der Waals surface area contributed by atoms with Gasteiger partial charge in [0, 0.05) is 37.1 Å². The molecule has 1 N–H and O–H groups in total. The first-order valence-electron chi connectivity index (χ1n) is 8.24. The molecule has 5 heteroatoms. The molecular weight excluding hydrogens is 276 g/mol.